The summed E-state index contributed by atoms with van der Waals surface area (Å²) in [6.07, 6.45) is 4.72. The quantitative estimate of drug-likeness (QED) is 0.457. The van der Waals surface area contributed by atoms with Crippen LogP contribution in [0.4, 0.5) is 0 Å². The molecule has 0 fully saturated rings. The molecule has 3 rings (SSSR count). The maximum atomic E-state index is 13.2. The first kappa shape index (κ1) is 23.0. The van der Waals surface area contributed by atoms with Gasteiger partial charge < -0.3 is 19.6 Å². The molecule has 0 radical (unpaired) electrons. The molecule has 0 spiro atoms. The lowest BCUT2D eigenvalue weighted by Crippen LogP contribution is -2.36. The summed E-state index contributed by atoms with van der Waals surface area (Å²) in [7, 11) is 3.81. The predicted octanol–water partition coefficient (Wildman–Crippen LogP) is 3.79. The van der Waals surface area contributed by atoms with E-state index in [0.717, 1.165) is 5.56 Å². The van der Waals surface area contributed by atoms with Gasteiger partial charge in [0.05, 0.1) is 11.6 Å². The standard InChI is InChI=1S/C26H28N2O4/c1-4-17-32-21-12-8-11-20(18-21)24-23(22(29)14-13-19-9-6-5-7-10-19)25(30)26(31)28(24)16-15-27(2)3/h4-14,18,24,30H,1,15-17H2,2-3H3/b14-13+. The molecular formula is C26H28N2O4. The molecule has 2 aromatic rings. The SMILES string of the molecule is C=CCOc1cccc(C2C(C(=O)/C=C/c3ccccc3)=C(O)C(=O)N2CCN(C)C)c1. The molecule has 1 unspecified atom stereocenters. The van der Waals surface area contributed by atoms with Crippen LogP contribution in [0.5, 0.6) is 5.75 Å². The minimum absolute atomic E-state index is 0.0711. The van der Waals surface area contributed by atoms with Gasteiger partial charge in [-0.2, -0.15) is 0 Å². The van der Waals surface area contributed by atoms with E-state index < -0.39 is 23.5 Å². The van der Waals surface area contributed by atoms with Crippen LogP contribution in [0.1, 0.15) is 17.2 Å². The lowest BCUT2D eigenvalue weighted by atomic mass is 9.95. The number of amides is 1. The van der Waals surface area contributed by atoms with Crippen molar-refractivity contribution < 1.29 is 19.4 Å². The second-order valence-corrected chi connectivity index (χ2v) is 7.75. The number of nitrogens with zero attached hydrogens (tertiary/aromatic N) is 2. The molecule has 6 nitrogen and oxygen atoms in total. The van der Waals surface area contributed by atoms with E-state index in [-0.39, 0.29) is 5.57 Å². The summed E-state index contributed by atoms with van der Waals surface area (Å²) >= 11 is 0. The number of carbonyl (C=O) groups excluding carboxylic acids is 2. The molecule has 1 atom stereocenters. The van der Waals surface area contributed by atoms with Crippen LogP contribution in [0.2, 0.25) is 0 Å². The van der Waals surface area contributed by atoms with Gasteiger partial charge in [0.25, 0.3) is 5.91 Å². The Kier molecular flexibility index (Phi) is 7.63. The molecule has 166 valence electrons. The third kappa shape index (κ3) is 5.34. The molecule has 2 aromatic carbocycles. The monoisotopic (exact) mass is 432 g/mol. The van der Waals surface area contributed by atoms with Crippen LogP contribution < -0.4 is 4.74 Å². The van der Waals surface area contributed by atoms with E-state index in [1.165, 1.54) is 11.0 Å². The van der Waals surface area contributed by atoms with Crippen molar-refractivity contribution in [3.05, 3.63) is 95.8 Å². The molecule has 1 aliphatic rings. The van der Waals surface area contributed by atoms with Gasteiger partial charge in [-0.15, -0.1) is 0 Å². The molecule has 0 saturated carbocycles. The van der Waals surface area contributed by atoms with E-state index >= 15 is 0 Å². The number of aliphatic hydroxyl groups is 1. The van der Waals surface area contributed by atoms with Gasteiger partial charge in [0, 0.05) is 13.1 Å². The average molecular weight is 433 g/mol. The summed E-state index contributed by atoms with van der Waals surface area (Å²) in [5, 5.41) is 10.7. The number of hydrogen-bond acceptors (Lipinski definition) is 5. The highest BCUT2D eigenvalue weighted by molar-refractivity contribution is 6.14. The maximum absolute atomic E-state index is 13.2. The first-order valence-electron chi connectivity index (χ1n) is 10.4. The zero-order valence-corrected chi connectivity index (χ0v) is 18.4. The summed E-state index contributed by atoms with van der Waals surface area (Å²) in [6, 6.07) is 15.9. The predicted molar refractivity (Wildman–Crippen MR) is 125 cm³/mol. The third-order valence-corrected chi connectivity index (χ3v) is 5.13. The van der Waals surface area contributed by atoms with E-state index in [9.17, 15) is 14.7 Å². The number of rotatable bonds is 10. The molecule has 1 N–H and O–H groups in total. The van der Waals surface area contributed by atoms with Crippen molar-refractivity contribution in [3.63, 3.8) is 0 Å². The van der Waals surface area contributed by atoms with E-state index in [1.807, 2.05) is 55.4 Å². The highest BCUT2D eigenvalue weighted by atomic mass is 16.5. The smallest absolute Gasteiger partial charge is 0.290 e. The Labute approximate surface area is 188 Å². The van der Waals surface area contributed by atoms with Gasteiger partial charge in [0.2, 0.25) is 0 Å². The number of carbonyl (C=O) groups is 2. The van der Waals surface area contributed by atoms with Gasteiger partial charge in [0.15, 0.2) is 11.5 Å². The molecule has 6 heteroatoms. The van der Waals surface area contributed by atoms with Crippen LogP contribution >= 0.6 is 0 Å². The topological polar surface area (TPSA) is 70.1 Å². The Morgan fingerprint density at radius 3 is 2.62 bits per heavy atom. The summed E-state index contributed by atoms with van der Waals surface area (Å²) in [4.78, 5) is 29.6. The summed E-state index contributed by atoms with van der Waals surface area (Å²) < 4.78 is 5.64. The van der Waals surface area contributed by atoms with Crippen molar-refractivity contribution >= 4 is 17.8 Å². The Morgan fingerprint density at radius 1 is 1.19 bits per heavy atom. The minimum Gasteiger partial charge on any atom is -0.503 e. The van der Waals surface area contributed by atoms with Gasteiger partial charge in [0.1, 0.15) is 12.4 Å². The Bertz CT molecular complexity index is 1040. The number of likely N-dealkylation sites (N-methyl/N-ethyl adjacent to an activating group) is 1. The minimum atomic E-state index is -0.706. The number of ether oxygens (including phenoxy) is 1. The summed E-state index contributed by atoms with van der Waals surface area (Å²) in [5.41, 5.74) is 1.62. The lowest BCUT2D eigenvalue weighted by Gasteiger charge is -2.28. The van der Waals surface area contributed by atoms with Crippen LogP contribution in [-0.2, 0) is 9.59 Å². The van der Waals surface area contributed by atoms with Crippen LogP contribution in [0.3, 0.4) is 0 Å². The van der Waals surface area contributed by atoms with Crippen LogP contribution in [-0.4, -0.2) is 60.4 Å². The molecule has 0 bridgehead atoms. The number of aliphatic hydroxyl groups excluding tert-OH is 1. The average Bonchev–Trinajstić information content (AvgIpc) is 3.05. The Hall–Kier alpha value is -3.64. The largest absolute Gasteiger partial charge is 0.503 e. The van der Waals surface area contributed by atoms with Crippen molar-refractivity contribution in [2.45, 2.75) is 6.04 Å². The second-order valence-electron chi connectivity index (χ2n) is 7.75. The molecular weight excluding hydrogens is 404 g/mol. The third-order valence-electron chi connectivity index (χ3n) is 5.13. The second kappa shape index (κ2) is 10.6. The Morgan fingerprint density at radius 2 is 1.94 bits per heavy atom. The number of allylic oxidation sites excluding steroid dienone is 1. The first-order chi connectivity index (χ1) is 15.4. The van der Waals surface area contributed by atoms with Crippen LogP contribution in [0, 0.1) is 0 Å². The maximum Gasteiger partial charge on any atom is 0.290 e. The normalized spacial score (nSPS) is 16.3. The zero-order chi connectivity index (χ0) is 23.1. The lowest BCUT2D eigenvalue weighted by molar-refractivity contribution is -0.129. The molecule has 0 saturated heterocycles. The molecule has 0 aromatic heterocycles. The van der Waals surface area contributed by atoms with Gasteiger partial charge in [-0.1, -0.05) is 61.2 Å². The number of benzene rings is 2. The van der Waals surface area contributed by atoms with Crippen molar-refractivity contribution in [1.82, 2.24) is 9.80 Å². The highest BCUT2D eigenvalue weighted by Crippen LogP contribution is 2.38. The van der Waals surface area contributed by atoms with E-state index in [2.05, 4.69) is 6.58 Å². The summed E-state index contributed by atoms with van der Waals surface area (Å²) in [5.74, 6) is -0.866. The van der Waals surface area contributed by atoms with Crippen molar-refractivity contribution in [2.75, 3.05) is 33.8 Å². The number of hydrogen-bond donors (Lipinski definition) is 1. The molecule has 1 heterocycles. The fourth-order valence-corrected chi connectivity index (χ4v) is 3.55. The van der Waals surface area contributed by atoms with Gasteiger partial charge in [-0.05, 0) is 43.4 Å². The van der Waals surface area contributed by atoms with Gasteiger partial charge in [-0.25, -0.2) is 0 Å². The fraction of sp³-hybridized carbons (Fsp3) is 0.231. The molecule has 32 heavy (non-hydrogen) atoms. The van der Waals surface area contributed by atoms with Crippen molar-refractivity contribution in [3.8, 4) is 5.75 Å². The van der Waals surface area contributed by atoms with E-state index in [0.29, 0.717) is 31.0 Å². The zero-order valence-electron chi connectivity index (χ0n) is 18.4. The van der Waals surface area contributed by atoms with Crippen molar-refractivity contribution in [1.29, 1.82) is 0 Å². The van der Waals surface area contributed by atoms with Crippen LogP contribution in [0.15, 0.2) is 84.7 Å². The van der Waals surface area contributed by atoms with Gasteiger partial charge in [-0.3, -0.25) is 9.59 Å². The van der Waals surface area contributed by atoms with Gasteiger partial charge >= 0.3 is 0 Å². The van der Waals surface area contributed by atoms with E-state index in [4.69, 9.17) is 4.74 Å². The fourth-order valence-electron chi connectivity index (χ4n) is 3.55. The molecule has 1 amide bonds. The molecule has 0 aliphatic carbocycles. The first-order valence-corrected chi connectivity index (χ1v) is 10.4. The molecule has 1 aliphatic heterocycles. The van der Waals surface area contributed by atoms with E-state index in [1.54, 1.807) is 30.4 Å². The summed E-state index contributed by atoms with van der Waals surface area (Å²) in [6.45, 7) is 4.94. The van der Waals surface area contributed by atoms with Crippen molar-refractivity contribution in [2.24, 2.45) is 0 Å². The Balaban J connectivity index is 1.98. The number of ketones is 1. The van der Waals surface area contributed by atoms with Crippen LogP contribution in [0.25, 0.3) is 6.08 Å². The highest BCUT2D eigenvalue weighted by Gasteiger charge is 2.42.